The van der Waals surface area contributed by atoms with Crippen molar-refractivity contribution in [3.63, 3.8) is 0 Å². The molecule has 0 radical (unpaired) electrons. The van der Waals surface area contributed by atoms with Crippen molar-refractivity contribution in [3.05, 3.63) is 65.1 Å². The number of carbonyl (C=O) groups is 2. The van der Waals surface area contributed by atoms with Gasteiger partial charge in [-0.3, -0.25) is 9.69 Å². The maximum Gasteiger partial charge on any atom is 0.343 e. The molecule has 7 nitrogen and oxygen atoms in total. The predicted molar refractivity (Wildman–Crippen MR) is 121 cm³/mol. The third-order valence-electron chi connectivity index (χ3n) is 4.29. The fraction of sp³-hybridized carbons (Fsp3) is 0.261. The molecule has 0 aliphatic carbocycles. The van der Waals surface area contributed by atoms with Crippen LogP contribution in [0.3, 0.4) is 0 Å². The Bertz CT molecular complexity index is 958. The SMILES string of the molecule is CCOCCN1C(=O)C(=Cc2ccc(OCC(=O)OC)cc2)SC1=Nc1ccccc1. The first kappa shape index (κ1) is 22.6. The number of methoxy groups -OCH3 is 1. The van der Waals surface area contributed by atoms with Gasteiger partial charge in [0, 0.05) is 6.61 Å². The van der Waals surface area contributed by atoms with Crippen molar-refractivity contribution in [2.24, 2.45) is 4.99 Å². The van der Waals surface area contributed by atoms with Gasteiger partial charge in [0.05, 0.1) is 30.9 Å². The molecule has 3 rings (SSSR count). The number of rotatable bonds is 9. The summed E-state index contributed by atoms with van der Waals surface area (Å²) in [4.78, 5) is 31.1. The zero-order chi connectivity index (χ0) is 22.1. The molecule has 0 aromatic heterocycles. The standard InChI is InChI=1S/C23H24N2O5S/c1-3-29-14-13-25-22(27)20(31-23(25)24-18-7-5-4-6-8-18)15-17-9-11-19(12-10-17)30-16-21(26)28-2/h4-12,15H,3,13-14,16H2,1-2H3. The van der Waals surface area contributed by atoms with E-state index in [0.29, 0.717) is 35.6 Å². The van der Waals surface area contributed by atoms with Gasteiger partial charge in [0.2, 0.25) is 0 Å². The topological polar surface area (TPSA) is 77.4 Å². The first-order chi connectivity index (χ1) is 15.1. The Morgan fingerprint density at radius 2 is 1.87 bits per heavy atom. The molecule has 1 heterocycles. The van der Waals surface area contributed by atoms with Crippen molar-refractivity contribution in [3.8, 4) is 5.75 Å². The molecule has 0 bridgehead atoms. The van der Waals surface area contributed by atoms with Crippen LogP contribution >= 0.6 is 11.8 Å². The van der Waals surface area contributed by atoms with Crippen LogP contribution in [0, 0.1) is 0 Å². The molecule has 0 saturated carbocycles. The van der Waals surface area contributed by atoms with Crippen LogP contribution in [0.25, 0.3) is 6.08 Å². The van der Waals surface area contributed by atoms with Crippen LogP contribution < -0.4 is 4.74 Å². The molecule has 0 unspecified atom stereocenters. The van der Waals surface area contributed by atoms with E-state index < -0.39 is 5.97 Å². The molecule has 0 spiro atoms. The van der Waals surface area contributed by atoms with Crippen LogP contribution in [0.15, 0.2) is 64.5 Å². The number of aliphatic imine (C=N–C) groups is 1. The molecule has 1 fully saturated rings. The lowest BCUT2D eigenvalue weighted by molar-refractivity contribution is -0.142. The highest BCUT2D eigenvalue weighted by molar-refractivity contribution is 8.18. The van der Waals surface area contributed by atoms with Gasteiger partial charge in [-0.25, -0.2) is 9.79 Å². The van der Waals surface area contributed by atoms with Gasteiger partial charge in [0.15, 0.2) is 11.8 Å². The number of esters is 1. The van der Waals surface area contributed by atoms with Crippen LogP contribution in [0.2, 0.25) is 0 Å². The van der Waals surface area contributed by atoms with Gasteiger partial charge in [0.25, 0.3) is 5.91 Å². The number of para-hydroxylation sites is 1. The molecule has 162 valence electrons. The summed E-state index contributed by atoms with van der Waals surface area (Å²) in [5.74, 6) is -0.00968. The summed E-state index contributed by atoms with van der Waals surface area (Å²) in [7, 11) is 1.31. The number of nitrogens with zero attached hydrogens (tertiary/aromatic N) is 2. The first-order valence-corrected chi connectivity index (χ1v) is 10.6. The van der Waals surface area contributed by atoms with Crippen molar-refractivity contribution in [1.82, 2.24) is 4.90 Å². The van der Waals surface area contributed by atoms with Gasteiger partial charge in [-0.2, -0.15) is 0 Å². The molecule has 1 amide bonds. The molecular weight excluding hydrogens is 416 g/mol. The van der Waals surface area contributed by atoms with Crippen LogP contribution in [-0.2, 0) is 19.1 Å². The minimum Gasteiger partial charge on any atom is -0.482 e. The van der Waals surface area contributed by atoms with E-state index in [2.05, 4.69) is 9.73 Å². The second-order valence-electron chi connectivity index (χ2n) is 6.43. The Morgan fingerprint density at radius 3 is 2.55 bits per heavy atom. The van der Waals surface area contributed by atoms with E-state index in [9.17, 15) is 9.59 Å². The molecule has 2 aromatic rings. The molecule has 1 saturated heterocycles. The number of thioether (sulfide) groups is 1. The highest BCUT2D eigenvalue weighted by atomic mass is 32.2. The van der Waals surface area contributed by atoms with Crippen LogP contribution in [0.5, 0.6) is 5.75 Å². The summed E-state index contributed by atoms with van der Waals surface area (Å²) in [5.41, 5.74) is 1.62. The monoisotopic (exact) mass is 440 g/mol. The molecule has 1 aliphatic rings. The van der Waals surface area contributed by atoms with Crippen LogP contribution in [-0.4, -0.2) is 55.4 Å². The van der Waals surface area contributed by atoms with E-state index in [-0.39, 0.29) is 12.5 Å². The molecule has 31 heavy (non-hydrogen) atoms. The summed E-state index contributed by atoms with van der Waals surface area (Å²) in [6.45, 7) is 3.23. The smallest absolute Gasteiger partial charge is 0.343 e. The van der Waals surface area contributed by atoms with Gasteiger partial charge in [-0.05, 0) is 54.6 Å². The third-order valence-corrected chi connectivity index (χ3v) is 5.30. The lowest BCUT2D eigenvalue weighted by atomic mass is 10.2. The quantitative estimate of drug-likeness (QED) is 0.335. The highest BCUT2D eigenvalue weighted by Gasteiger charge is 2.33. The van der Waals surface area contributed by atoms with E-state index in [0.717, 1.165) is 11.3 Å². The second-order valence-corrected chi connectivity index (χ2v) is 7.44. The summed E-state index contributed by atoms with van der Waals surface area (Å²) >= 11 is 1.34. The van der Waals surface area contributed by atoms with E-state index in [1.165, 1.54) is 18.9 Å². The average Bonchev–Trinajstić information content (AvgIpc) is 3.08. The number of benzene rings is 2. The molecule has 0 atom stereocenters. The summed E-state index contributed by atoms with van der Waals surface area (Å²) < 4.78 is 15.3. The van der Waals surface area contributed by atoms with Crippen molar-refractivity contribution >= 4 is 40.6 Å². The van der Waals surface area contributed by atoms with E-state index in [4.69, 9.17) is 9.47 Å². The Hall–Kier alpha value is -3.10. The number of ether oxygens (including phenoxy) is 3. The third kappa shape index (κ3) is 6.44. The van der Waals surface area contributed by atoms with Gasteiger partial charge >= 0.3 is 5.97 Å². The van der Waals surface area contributed by atoms with Crippen molar-refractivity contribution in [1.29, 1.82) is 0 Å². The van der Waals surface area contributed by atoms with Gasteiger partial charge < -0.3 is 14.2 Å². The molecule has 2 aromatic carbocycles. The maximum atomic E-state index is 13.0. The Labute approximate surface area is 185 Å². The highest BCUT2D eigenvalue weighted by Crippen LogP contribution is 2.34. The lowest BCUT2D eigenvalue weighted by Crippen LogP contribution is -2.32. The summed E-state index contributed by atoms with van der Waals surface area (Å²) in [5, 5.41) is 0.625. The summed E-state index contributed by atoms with van der Waals surface area (Å²) in [6, 6.07) is 16.7. The minimum atomic E-state index is -0.448. The average molecular weight is 441 g/mol. The van der Waals surface area contributed by atoms with E-state index in [1.54, 1.807) is 17.0 Å². The zero-order valence-corrected chi connectivity index (χ0v) is 18.3. The van der Waals surface area contributed by atoms with Crippen LogP contribution in [0.4, 0.5) is 5.69 Å². The summed E-state index contributed by atoms with van der Waals surface area (Å²) in [6.07, 6.45) is 1.82. The molecule has 0 N–H and O–H groups in total. The predicted octanol–water partition coefficient (Wildman–Crippen LogP) is 3.88. The first-order valence-electron chi connectivity index (χ1n) is 9.83. The van der Waals surface area contributed by atoms with Crippen molar-refractivity contribution in [2.45, 2.75) is 6.92 Å². The number of carbonyl (C=O) groups excluding carboxylic acids is 2. The van der Waals surface area contributed by atoms with Crippen LogP contribution in [0.1, 0.15) is 12.5 Å². The van der Waals surface area contributed by atoms with E-state index >= 15 is 0 Å². The number of hydrogen-bond acceptors (Lipinski definition) is 7. The van der Waals surface area contributed by atoms with E-state index in [1.807, 2.05) is 55.5 Å². The number of amides is 1. The Kier molecular flexibility index (Phi) is 8.26. The normalized spacial score (nSPS) is 16.2. The largest absolute Gasteiger partial charge is 0.482 e. The Morgan fingerprint density at radius 1 is 1.13 bits per heavy atom. The second kappa shape index (κ2) is 11.3. The molecular formula is C23H24N2O5S. The molecule has 1 aliphatic heterocycles. The number of amidine groups is 1. The molecule has 8 heteroatoms. The van der Waals surface area contributed by atoms with Gasteiger partial charge in [-0.1, -0.05) is 30.3 Å². The van der Waals surface area contributed by atoms with Gasteiger partial charge in [0.1, 0.15) is 5.75 Å². The fourth-order valence-corrected chi connectivity index (χ4v) is 3.74. The Balaban J connectivity index is 1.77. The number of hydrogen-bond donors (Lipinski definition) is 0. The van der Waals surface area contributed by atoms with Crippen molar-refractivity contribution in [2.75, 3.05) is 33.5 Å². The van der Waals surface area contributed by atoms with Crippen molar-refractivity contribution < 1.29 is 23.8 Å². The maximum absolute atomic E-state index is 13.0. The lowest BCUT2D eigenvalue weighted by Gasteiger charge is -2.15. The zero-order valence-electron chi connectivity index (χ0n) is 17.4. The minimum absolute atomic E-state index is 0.106. The fourth-order valence-electron chi connectivity index (χ4n) is 2.71. The van der Waals surface area contributed by atoms with Gasteiger partial charge in [-0.15, -0.1) is 0 Å².